The third-order valence-corrected chi connectivity index (χ3v) is 4.17. The quantitative estimate of drug-likeness (QED) is 0.763. The highest BCUT2D eigenvalue weighted by Crippen LogP contribution is 2.63. The molecule has 0 radical (unpaired) electrons. The molecule has 1 unspecified atom stereocenters. The van der Waals surface area contributed by atoms with Crippen molar-refractivity contribution in [3.05, 3.63) is 35.1 Å². The van der Waals surface area contributed by atoms with Crippen molar-refractivity contribution in [2.45, 2.75) is 24.9 Å². The first-order valence-corrected chi connectivity index (χ1v) is 6.00. The second-order valence-electron chi connectivity index (χ2n) is 5.28. The molecule has 1 aromatic carbocycles. The predicted octanol–water partition coefficient (Wildman–Crippen LogP) is 3.31. The van der Waals surface area contributed by atoms with Crippen LogP contribution in [0.4, 0.5) is 17.6 Å². The molecule has 1 spiro atoms. The van der Waals surface area contributed by atoms with Crippen molar-refractivity contribution in [1.82, 2.24) is 5.32 Å². The number of halogens is 4. The summed E-state index contributed by atoms with van der Waals surface area (Å²) >= 11 is 0. The molecule has 0 bridgehead atoms. The number of nitrogens with one attached hydrogen (secondary N) is 1. The highest BCUT2D eigenvalue weighted by molar-refractivity contribution is 5.35. The Morgan fingerprint density at radius 2 is 2.06 bits per heavy atom. The van der Waals surface area contributed by atoms with E-state index in [1.165, 1.54) is 6.07 Å². The van der Waals surface area contributed by atoms with Gasteiger partial charge in [0.1, 0.15) is 5.82 Å². The minimum absolute atomic E-state index is 0.0785. The van der Waals surface area contributed by atoms with Gasteiger partial charge in [0.2, 0.25) is 0 Å². The van der Waals surface area contributed by atoms with Crippen LogP contribution in [0.3, 0.4) is 0 Å². The van der Waals surface area contributed by atoms with E-state index in [1.807, 2.05) is 0 Å². The summed E-state index contributed by atoms with van der Waals surface area (Å²) < 4.78 is 51.1. The molecule has 1 saturated carbocycles. The van der Waals surface area contributed by atoms with Crippen LogP contribution in [0.2, 0.25) is 0 Å². The van der Waals surface area contributed by atoms with Gasteiger partial charge in [0.25, 0.3) is 0 Å². The number of hydrogen-bond donors (Lipinski definition) is 1. The van der Waals surface area contributed by atoms with Gasteiger partial charge >= 0.3 is 6.18 Å². The summed E-state index contributed by atoms with van der Waals surface area (Å²) in [5.41, 5.74) is -0.379. The zero-order valence-corrected chi connectivity index (χ0v) is 9.65. The van der Waals surface area contributed by atoms with Crippen LogP contribution >= 0.6 is 0 Å². The minimum Gasteiger partial charge on any atom is -0.316 e. The average molecular weight is 259 g/mol. The number of rotatable bonds is 1. The first kappa shape index (κ1) is 12.0. The average Bonchev–Trinajstić information content (AvgIpc) is 2.75. The molecular weight excluding hydrogens is 246 g/mol. The molecule has 1 aliphatic carbocycles. The first-order chi connectivity index (χ1) is 8.42. The van der Waals surface area contributed by atoms with Crippen molar-refractivity contribution in [2.24, 2.45) is 5.41 Å². The molecule has 0 amide bonds. The highest BCUT2D eigenvalue weighted by Gasteiger charge is 2.56. The molecule has 18 heavy (non-hydrogen) atoms. The molecule has 2 atom stereocenters. The highest BCUT2D eigenvalue weighted by atomic mass is 19.4. The van der Waals surface area contributed by atoms with Crippen LogP contribution in [-0.4, -0.2) is 13.1 Å². The van der Waals surface area contributed by atoms with Gasteiger partial charge in [-0.15, -0.1) is 0 Å². The van der Waals surface area contributed by atoms with Gasteiger partial charge in [0.15, 0.2) is 0 Å². The van der Waals surface area contributed by atoms with E-state index < -0.39 is 17.6 Å². The molecule has 1 aromatic rings. The number of benzene rings is 1. The molecule has 0 aromatic heterocycles. The van der Waals surface area contributed by atoms with Gasteiger partial charge in [0, 0.05) is 6.54 Å². The van der Waals surface area contributed by atoms with E-state index >= 15 is 0 Å². The summed E-state index contributed by atoms with van der Waals surface area (Å²) in [6.07, 6.45) is -2.62. The van der Waals surface area contributed by atoms with Crippen molar-refractivity contribution >= 4 is 0 Å². The first-order valence-electron chi connectivity index (χ1n) is 6.00. The lowest BCUT2D eigenvalue weighted by Crippen LogP contribution is -2.11. The van der Waals surface area contributed by atoms with Crippen molar-refractivity contribution in [3.8, 4) is 0 Å². The van der Waals surface area contributed by atoms with E-state index in [0.717, 1.165) is 32.0 Å². The molecule has 2 aliphatic rings. The summed E-state index contributed by atoms with van der Waals surface area (Å²) in [6.45, 7) is 1.76. The van der Waals surface area contributed by atoms with Crippen LogP contribution in [0.5, 0.6) is 0 Å². The van der Waals surface area contributed by atoms with Crippen LogP contribution in [0.15, 0.2) is 18.2 Å². The molecular formula is C13H13F4N. The second-order valence-corrected chi connectivity index (χ2v) is 5.28. The van der Waals surface area contributed by atoms with Crippen LogP contribution in [0.25, 0.3) is 0 Å². The smallest absolute Gasteiger partial charge is 0.316 e. The fourth-order valence-electron chi connectivity index (χ4n) is 3.01. The summed E-state index contributed by atoms with van der Waals surface area (Å²) in [6, 6.07) is 2.90. The molecule has 1 nitrogen and oxygen atoms in total. The van der Waals surface area contributed by atoms with Gasteiger partial charge in [-0.3, -0.25) is 0 Å². The Labute approximate surface area is 102 Å². The maximum Gasteiger partial charge on any atom is 0.416 e. The lowest BCUT2D eigenvalue weighted by atomic mass is 9.97. The van der Waals surface area contributed by atoms with Crippen LogP contribution in [0.1, 0.15) is 29.9 Å². The van der Waals surface area contributed by atoms with Crippen LogP contribution < -0.4 is 5.32 Å². The Morgan fingerprint density at radius 1 is 1.28 bits per heavy atom. The lowest BCUT2D eigenvalue weighted by molar-refractivity contribution is -0.137. The van der Waals surface area contributed by atoms with E-state index in [2.05, 4.69) is 5.32 Å². The van der Waals surface area contributed by atoms with Crippen molar-refractivity contribution in [2.75, 3.05) is 13.1 Å². The molecule has 5 heteroatoms. The topological polar surface area (TPSA) is 12.0 Å². The summed E-state index contributed by atoms with van der Waals surface area (Å²) in [5.74, 6) is -0.645. The van der Waals surface area contributed by atoms with E-state index in [1.54, 1.807) is 0 Å². The van der Waals surface area contributed by atoms with Crippen molar-refractivity contribution in [1.29, 1.82) is 0 Å². The molecule has 1 aliphatic heterocycles. The Kier molecular flexibility index (Phi) is 2.46. The predicted molar refractivity (Wildman–Crippen MR) is 58.7 cm³/mol. The number of alkyl halides is 3. The monoisotopic (exact) mass is 259 g/mol. The van der Waals surface area contributed by atoms with Gasteiger partial charge in [0.05, 0.1) is 5.56 Å². The maximum absolute atomic E-state index is 13.8. The van der Waals surface area contributed by atoms with E-state index in [4.69, 9.17) is 0 Å². The molecule has 1 N–H and O–H groups in total. The molecule has 2 fully saturated rings. The van der Waals surface area contributed by atoms with E-state index in [0.29, 0.717) is 11.6 Å². The molecule has 3 rings (SSSR count). The van der Waals surface area contributed by atoms with Gasteiger partial charge in [-0.05, 0) is 48.4 Å². The SMILES string of the molecule is Fc1cc(C(F)(F)F)ccc1C1C[C@@]12CCNC2. The lowest BCUT2D eigenvalue weighted by Gasteiger charge is -2.11. The van der Waals surface area contributed by atoms with Crippen LogP contribution in [0, 0.1) is 11.2 Å². The fraction of sp³-hybridized carbons (Fsp3) is 0.538. The fourth-order valence-corrected chi connectivity index (χ4v) is 3.01. The molecule has 98 valence electrons. The summed E-state index contributed by atoms with van der Waals surface area (Å²) in [5, 5.41) is 3.23. The normalized spacial score (nSPS) is 31.0. The van der Waals surface area contributed by atoms with Gasteiger partial charge in [-0.1, -0.05) is 6.07 Å². The van der Waals surface area contributed by atoms with Gasteiger partial charge in [-0.2, -0.15) is 13.2 Å². The zero-order chi connectivity index (χ0) is 13.0. The standard InChI is InChI=1S/C13H13F4N/c14-11-5-8(13(15,16)17)1-2-9(11)10-6-12(10)3-4-18-7-12/h1-2,5,10,18H,3-4,6-7H2/t10?,12-/m1/s1. The Bertz CT molecular complexity index is 474. The molecule has 1 saturated heterocycles. The molecule has 1 heterocycles. The van der Waals surface area contributed by atoms with E-state index in [-0.39, 0.29) is 11.3 Å². The number of hydrogen-bond acceptors (Lipinski definition) is 1. The van der Waals surface area contributed by atoms with Crippen LogP contribution in [-0.2, 0) is 6.18 Å². The third kappa shape index (κ3) is 1.81. The summed E-state index contributed by atoms with van der Waals surface area (Å²) in [4.78, 5) is 0. The van der Waals surface area contributed by atoms with Gasteiger partial charge in [-0.25, -0.2) is 4.39 Å². The summed E-state index contributed by atoms with van der Waals surface area (Å²) in [7, 11) is 0. The van der Waals surface area contributed by atoms with Gasteiger partial charge < -0.3 is 5.32 Å². The van der Waals surface area contributed by atoms with Crippen molar-refractivity contribution in [3.63, 3.8) is 0 Å². The Balaban J connectivity index is 1.87. The van der Waals surface area contributed by atoms with E-state index in [9.17, 15) is 17.6 Å². The third-order valence-electron chi connectivity index (χ3n) is 4.17. The maximum atomic E-state index is 13.8. The minimum atomic E-state index is -4.48. The Hall–Kier alpha value is -1.10. The Morgan fingerprint density at radius 3 is 2.61 bits per heavy atom. The second kappa shape index (κ2) is 3.70. The zero-order valence-electron chi connectivity index (χ0n) is 9.65. The van der Waals surface area contributed by atoms with Crippen molar-refractivity contribution < 1.29 is 17.6 Å². The largest absolute Gasteiger partial charge is 0.416 e.